The lowest BCUT2D eigenvalue weighted by Crippen LogP contribution is -2.21. The fraction of sp³-hybridized carbons (Fsp3) is 0.250. The van der Waals surface area contributed by atoms with Crippen molar-refractivity contribution in [1.29, 1.82) is 0 Å². The molecular formula is C24H23FN2O2S2. The van der Waals surface area contributed by atoms with Crippen LogP contribution in [-0.4, -0.2) is 16.7 Å². The number of benzene rings is 2. The minimum absolute atomic E-state index is 0.0622. The van der Waals surface area contributed by atoms with Crippen LogP contribution in [0.5, 0.6) is 5.75 Å². The molecule has 0 aliphatic heterocycles. The molecule has 7 heteroatoms. The molecule has 0 N–H and O–H groups in total. The number of fused-ring (bicyclic) bond motifs is 1. The van der Waals surface area contributed by atoms with Crippen LogP contribution in [0.25, 0.3) is 15.9 Å². The fourth-order valence-corrected chi connectivity index (χ4v) is 5.75. The number of aryl methyl sites for hydroxylation is 2. The maximum atomic E-state index is 13.6. The summed E-state index contributed by atoms with van der Waals surface area (Å²) in [5, 5.41) is 1.31. The van der Waals surface area contributed by atoms with Gasteiger partial charge >= 0.3 is 0 Å². The molecule has 0 aliphatic rings. The monoisotopic (exact) mass is 454 g/mol. The summed E-state index contributed by atoms with van der Waals surface area (Å²) in [4.78, 5) is 20.5. The van der Waals surface area contributed by atoms with Gasteiger partial charge in [-0.15, -0.1) is 11.3 Å². The molecule has 31 heavy (non-hydrogen) atoms. The Kier molecular flexibility index (Phi) is 6.43. The van der Waals surface area contributed by atoms with Crippen molar-refractivity contribution >= 4 is 33.3 Å². The van der Waals surface area contributed by atoms with Crippen LogP contribution in [0.15, 0.2) is 58.5 Å². The maximum absolute atomic E-state index is 13.6. The molecule has 0 amide bonds. The summed E-state index contributed by atoms with van der Waals surface area (Å²) < 4.78 is 20.2. The molecule has 4 rings (SSSR count). The molecule has 0 saturated heterocycles. The van der Waals surface area contributed by atoms with Crippen molar-refractivity contribution in [1.82, 2.24) is 9.55 Å². The summed E-state index contributed by atoms with van der Waals surface area (Å²) in [7, 11) is 1.61. The van der Waals surface area contributed by atoms with Crippen LogP contribution >= 0.6 is 23.1 Å². The van der Waals surface area contributed by atoms with Crippen molar-refractivity contribution in [2.45, 2.75) is 37.6 Å². The van der Waals surface area contributed by atoms with Crippen LogP contribution < -0.4 is 10.3 Å². The second kappa shape index (κ2) is 9.24. The average molecular weight is 455 g/mol. The van der Waals surface area contributed by atoms with Gasteiger partial charge in [-0.2, -0.15) is 0 Å². The molecule has 0 radical (unpaired) electrons. The highest BCUT2D eigenvalue weighted by Crippen LogP contribution is 2.32. The topological polar surface area (TPSA) is 44.1 Å². The van der Waals surface area contributed by atoms with Crippen LogP contribution in [-0.2, 0) is 12.2 Å². The number of thioether (sulfide) groups is 1. The van der Waals surface area contributed by atoms with E-state index in [1.54, 1.807) is 35.1 Å². The van der Waals surface area contributed by atoms with Gasteiger partial charge in [0.05, 0.1) is 18.2 Å². The molecule has 0 atom stereocenters. The van der Waals surface area contributed by atoms with E-state index in [-0.39, 0.29) is 11.4 Å². The minimum atomic E-state index is -0.263. The first-order valence-electron chi connectivity index (χ1n) is 10.1. The minimum Gasteiger partial charge on any atom is -0.497 e. The first-order chi connectivity index (χ1) is 15.0. The summed E-state index contributed by atoms with van der Waals surface area (Å²) in [5.41, 5.74) is 2.67. The first kappa shape index (κ1) is 21.6. The van der Waals surface area contributed by atoms with Crippen LogP contribution in [0, 0.1) is 12.7 Å². The van der Waals surface area contributed by atoms with E-state index >= 15 is 0 Å². The van der Waals surface area contributed by atoms with Crippen molar-refractivity contribution in [3.63, 3.8) is 0 Å². The van der Waals surface area contributed by atoms with Crippen molar-refractivity contribution in [2.24, 2.45) is 0 Å². The van der Waals surface area contributed by atoms with Gasteiger partial charge < -0.3 is 4.74 Å². The third-order valence-electron chi connectivity index (χ3n) is 5.12. The van der Waals surface area contributed by atoms with Crippen molar-refractivity contribution in [3.8, 4) is 11.4 Å². The van der Waals surface area contributed by atoms with Gasteiger partial charge in [-0.3, -0.25) is 9.36 Å². The molecule has 0 unspecified atom stereocenters. The van der Waals surface area contributed by atoms with E-state index in [9.17, 15) is 9.18 Å². The van der Waals surface area contributed by atoms with Gasteiger partial charge in [-0.05, 0) is 60.9 Å². The van der Waals surface area contributed by atoms with E-state index in [2.05, 4.69) is 6.92 Å². The zero-order valence-electron chi connectivity index (χ0n) is 17.6. The van der Waals surface area contributed by atoms with E-state index in [1.165, 1.54) is 28.8 Å². The SMILES string of the molecule is CCCc1sc2nc(SCc3ccc(F)cc3)n(-c3ccc(OC)cc3)c(=O)c2c1C. The molecular weight excluding hydrogens is 431 g/mol. The number of aromatic nitrogens is 2. The van der Waals surface area contributed by atoms with Crippen LogP contribution in [0.2, 0.25) is 0 Å². The van der Waals surface area contributed by atoms with Crippen molar-refractivity contribution in [3.05, 3.63) is 80.7 Å². The normalized spacial score (nSPS) is 11.2. The van der Waals surface area contributed by atoms with E-state index in [1.807, 2.05) is 31.2 Å². The van der Waals surface area contributed by atoms with Gasteiger partial charge in [0.15, 0.2) is 5.16 Å². The highest BCUT2D eigenvalue weighted by molar-refractivity contribution is 7.98. The van der Waals surface area contributed by atoms with E-state index in [4.69, 9.17) is 9.72 Å². The zero-order valence-corrected chi connectivity index (χ0v) is 19.3. The Morgan fingerprint density at radius 1 is 1.13 bits per heavy atom. The number of halogens is 1. The third-order valence-corrected chi connectivity index (χ3v) is 7.38. The van der Waals surface area contributed by atoms with Gasteiger partial charge in [0.1, 0.15) is 16.4 Å². The van der Waals surface area contributed by atoms with Crippen LogP contribution in [0.3, 0.4) is 0 Å². The molecule has 2 aromatic heterocycles. The molecule has 2 heterocycles. The zero-order chi connectivity index (χ0) is 22.0. The quantitative estimate of drug-likeness (QED) is 0.248. The molecule has 0 spiro atoms. The second-order valence-corrected chi connectivity index (χ2v) is 9.25. The van der Waals surface area contributed by atoms with Gasteiger partial charge in [0.25, 0.3) is 5.56 Å². The molecule has 0 fully saturated rings. The largest absolute Gasteiger partial charge is 0.497 e. The standard InChI is InChI=1S/C24H23FN2O2S2/c1-4-5-20-15(2)21-22(31-20)26-24(30-14-16-6-8-17(25)9-7-16)27(23(21)28)18-10-12-19(29-3)13-11-18/h6-13H,4-5,14H2,1-3H3. The molecule has 0 bridgehead atoms. The van der Waals surface area contributed by atoms with Crippen LogP contribution in [0.4, 0.5) is 4.39 Å². The third kappa shape index (κ3) is 4.38. The molecule has 4 nitrogen and oxygen atoms in total. The predicted octanol–water partition coefficient (Wildman–Crippen LogP) is 6.15. The summed E-state index contributed by atoms with van der Waals surface area (Å²) in [5.74, 6) is 1.05. The number of rotatable bonds is 7. The first-order valence-corrected chi connectivity index (χ1v) is 11.9. The van der Waals surface area contributed by atoms with Gasteiger partial charge in [0, 0.05) is 10.6 Å². The summed E-state index contributed by atoms with van der Waals surface area (Å²) in [6, 6.07) is 13.8. The Bertz CT molecular complexity index is 1260. The highest BCUT2D eigenvalue weighted by atomic mass is 32.2. The smallest absolute Gasteiger partial charge is 0.267 e. The van der Waals surface area contributed by atoms with E-state index in [0.29, 0.717) is 16.3 Å². The summed E-state index contributed by atoms with van der Waals surface area (Å²) in [6.07, 6.45) is 1.96. The van der Waals surface area contributed by atoms with Crippen molar-refractivity contribution in [2.75, 3.05) is 7.11 Å². The van der Waals surface area contributed by atoms with Crippen LogP contribution in [0.1, 0.15) is 29.3 Å². The summed E-state index contributed by atoms with van der Waals surface area (Å²) in [6.45, 7) is 4.15. The Morgan fingerprint density at radius 2 is 1.84 bits per heavy atom. The van der Waals surface area contributed by atoms with Gasteiger partial charge in [-0.1, -0.05) is 37.2 Å². The lowest BCUT2D eigenvalue weighted by atomic mass is 10.1. The Balaban J connectivity index is 1.84. The lowest BCUT2D eigenvalue weighted by molar-refractivity contribution is 0.414. The number of nitrogens with zero attached hydrogens (tertiary/aromatic N) is 2. The predicted molar refractivity (Wildman–Crippen MR) is 126 cm³/mol. The number of ether oxygens (including phenoxy) is 1. The Morgan fingerprint density at radius 3 is 2.48 bits per heavy atom. The average Bonchev–Trinajstić information content (AvgIpc) is 3.09. The summed E-state index contributed by atoms with van der Waals surface area (Å²) >= 11 is 3.08. The molecule has 0 saturated carbocycles. The number of hydrogen-bond acceptors (Lipinski definition) is 5. The number of thiophene rings is 1. The Labute approximate surface area is 188 Å². The molecule has 4 aromatic rings. The van der Waals surface area contributed by atoms with E-state index in [0.717, 1.165) is 40.2 Å². The molecule has 0 aliphatic carbocycles. The Hall–Kier alpha value is -2.64. The van der Waals surface area contributed by atoms with Crippen molar-refractivity contribution < 1.29 is 9.13 Å². The fourth-order valence-electron chi connectivity index (χ4n) is 3.46. The molecule has 160 valence electrons. The number of hydrogen-bond donors (Lipinski definition) is 0. The van der Waals surface area contributed by atoms with E-state index < -0.39 is 0 Å². The second-order valence-electron chi connectivity index (χ2n) is 7.23. The molecule has 2 aromatic carbocycles. The maximum Gasteiger partial charge on any atom is 0.267 e. The highest BCUT2D eigenvalue weighted by Gasteiger charge is 2.19. The van der Waals surface area contributed by atoms with Gasteiger partial charge in [0.2, 0.25) is 0 Å². The number of methoxy groups -OCH3 is 1. The lowest BCUT2D eigenvalue weighted by Gasteiger charge is -2.13. The van der Waals surface area contributed by atoms with Gasteiger partial charge in [-0.25, -0.2) is 9.37 Å².